The first-order valence-corrected chi connectivity index (χ1v) is 6.03. The molecule has 0 radical (unpaired) electrons. The fraction of sp³-hybridized carbons (Fsp3) is 0.250. The third-order valence-electron chi connectivity index (χ3n) is 2.52. The minimum absolute atomic E-state index is 0.265. The summed E-state index contributed by atoms with van der Waals surface area (Å²) in [5, 5.41) is 9.62. The van der Waals surface area contributed by atoms with Crippen LogP contribution in [-0.2, 0) is 0 Å². The van der Waals surface area contributed by atoms with Crippen molar-refractivity contribution in [2.75, 3.05) is 5.32 Å². The van der Waals surface area contributed by atoms with E-state index in [2.05, 4.69) is 20.5 Å². The number of H-pyrrole nitrogens is 2. The Bertz CT molecular complexity index is 614. The molecule has 0 saturated carbocycles. The van der Waals surface area contributed by atoms with E-state index in [4.69, 9.17) is 12.2 Å². The van der Waals surface area contributed by atoms with Crippen LogP contribution < -0.4 is 5.32 Å². The summed E-state index contributed by atoms with van der Waals surface area (Å²) in [4.78, 5) is 14.8. The van der Waals surface area contributed by atoms with Crippen LogP contribution in [0, 0.1) is 4.64 Å². The van der Waals surface area contributed by atoms with E-state index in [0.717, 1.165) is 5.69 Å². The van der Waals surface area contributed by atoms with Crippen molar-refractivity contribution in [3.63, 3.8) is 0 Å². The van der Waals surface area contributed by atoms with Crippen molar-refractivity contribution in [3.8, 4) is 0 Å². The molecule has 6 heteroatoms. The largest absolute Gasteiger partial charge is 0.352 e. The zero-order chi connectivity index (χ0) is 13.1. The first kappa shape index (κ1) is 12.5. The lowest BCUT2D eigenvalue weighted by atomic mass is 10.1. The van der Waals surface area contributed by atoms with Gasteiger partial charge in [-0.1, -0.05) is 26.1 Å². The average molecular weight is 262 g/mol. The van der Waals surface area contributed by atoms with Gasteiger partial charge in [0.1, 0.15) is 4.64 Å². The number of amides is 1. The van der Waals surface area contributed by atoms with Gasteiger partial charge in [0.2, 0.25) is 0 Å². The highest BCUT2D eigenvalue weighted by molar-refractivity contribution is 7.71. The molecular formula is C12H14N4OS. The van der Waals surface area contributed by atoms with E-state index in [1.54, 1.807) is 18.3 Å². The molecule has 0 saturated heterocycles. The summed E-state index contributed by atoms with van der Waals surface area (Å²) >= 11 is 5.05. The van der Waals surface area contributed by atoms with Gasteiger partial charge in [0.15, 0.2) is 5.82 Å². The quantitative estimate of drug-likeness (QED) is 0.745. The van der Waals surface area contributed by atoms with Gasteiger partial charge in [0.05, 0.1) is 5.56 Å². The molecule has 0 atom stereocenters. The SMILES string of the molecule is CC(C)c1cc(NC(=O)c2ccc[nH]c2=S)n[nH]1. The van der Waals surface area contributed by atoms with Crippen molar-refractivity contribution in [2.24, 2.45) is 0 Å². The fourth-order valence-electron chi connectivity index (χ4n) is 1.48. The van der Waals surface area contributed by atoms with Crippen molar-refractivity contribution in [3.05, 3.63) is 40.3 Å². The summed E-state index contributed by atoms with van der Waals surface area (Å²) in [6.07, 6.45) is 1.69. The van der Waals surface area contributed by atoms with Gasteiger partial charge in [-0.15, -0.1) is 0 Å². The standard InChI is InChI=1S/C12H14N4OS/c1-7(2)9-6-10(16-15-9)14-11(17)8-4-3-5-13-12(8)18/h3-7H,1-2H3,(H,13,18)(H2,14,15,16,17). The Morgan fingerprint density at radius 3 is 2.89 bits per heavy atom. The predicted octanol–water partition coefficient (Wildman–Crippen LogP) is 2.84. The van der Waals surface area contributed by atoms with Crippen molar-refractivity contribution >= 4 is 23.9 Å². The molecule has 0 aliphatic rings. The molecule has 5 nitrogen and oxygen atoms in total. The number of hydrogen-bond acceptors (Lipinski definition) is 3. The minimum Gasteiger partial charge on any atom is -0.352 e. The van der Waals surface area contributed by atoms with Crippen LogP contribution in [0.15, 0.2) is 24.4 Å². The van der Waals surface area contributed by atoms with Crippen LogP contribution in [0.5, 0.6) is 0 Å². The molecule has 0 aromatic carbocycles. The number of carbonyl (C=O) groups excluding carboxylic acids is 1. The summed E-state index contributed by atoms with van der Waals surface area (Å²) in [7, 11) is 0. The number of nitrogens with zero attached hydrogens (tertiary/aromatic N) is 1. The molecule has 3 N–H and O–H groups in total. The molecule has 2 rings (SSSR count). The molecule has 2 heterocycles. The van der Waals surface area contributed by atoms with Crippen LogP contribution in [0.2, 0.25) is 0 Å². The highest BCUT2D eigenvalue weighted by Crippen LogP contribution is 2.15. The van der Waals surface area contributed by atoms with E-state index in [9.17, 15) is 4.79 Å². The van der Waals surface area contributed by atoms with E-state index >= 15 is 0 Å². The van der Waals surface area contributed by atoms with Gasteiger partial charge >= 0.3 is 0 Å². The first-order valence-electron chi connectivity index (χ1n) is 5.62. The number of anilines is 1. The van der Waals surface area contributed by atoms with Crippen LogP contribution in [0.25, 0.3) is 0 Å². The molecule has 0 aliphatic heterocycles. The molecule has 0 unspecified atom stereocenters. The van der Waals surface area contributed by atoms with Crippen LogP contribution in [0.4, 0.5) is 5.82 Å². The molecule has 18 heavy (non-hydrogen) atoms. The maximum atomic E-state index is 12.0. The van der Waals surface area contributed by atoms with Gasteiger partial charge in [-0.2, -0.15) is 5.10 Å². The van der Waals surface area contributed by atoms with Gasteiger partial charge in [-0.25, -0.2) is 0 Å². The third kappa shape index (κ3) is 2.65. The summed E-state index contributed by atoms with van der Waals surface area (Å²) < 4.78 is 0.412. The minimum atomic E-state index is -0.265. The Kier molecular flexibility index (Phi) is 3.57. The van der Waals surface area contributed by atoms with Crippen molar-refractivity contribution in [1.29, 1.82) is 0 Å². The van der Waals surface area contributed by atoms with Gasteiger partial charge in [-0.3, -0.25) is 9.89 Å². The molecular weight excluding hydrogens is 248 g/mol. The number of nitrogens with one attached hydrogen (secondary N) is 3. The highest BCUT2D eigenvalue weighted by atomic mass is 32.1. The van der Waals surface area contributed by atoms with E-state index in [1.165, 1.54) is 0 Å². The third-order valence-corrected chi connectivity index (χ3v) is 2.86. The van der Waals surface area contributed by atoms with Gasteiger partial charge in [0.25, 0.3) is 5.91 Å². The molecule has 0 aliphatic carbocycles. The second-order valence-electron chi connectivity index (χ2n) is 4.23. The van der Waals surface area contributed by atoms with E-state index in [0.29, 0.717) is 21.9 Å². The number of aromatic amines is 2. The van der Waals surface area contributed by atoms with E-state index < -0.39 is 0 Å². The second-order valence-corrected chi connectivity index (χ2v) is 4.64. The van der Waals surface area contributed by atoms with Crippen molar-refractivity contribution in [1.82, 2.24) is 15.2 Å². The van der Waals surface area contributed by atoms with Crippen molar-refractivity contribution in [2.45, 2.75) is 19.8 Å². The fourth-order valence-corrected chi connectivity index (χ4v) is 1.71. The van der Waals surface area contributed by atoms with Crippen molar-refractivity contribution < 1.29 is 4.79 Å². The lowest BCUT2D eigenvalue weighted by Gasteiger charge is -2.01. The Balaban J connectivity index is 2.17. The molecule has 2 aromatic heterocycles. The number of rotatable bonds is 3. The normalized spacial score (nSPS) is 10.6. The van der Waals surface area contributed by atoms with Gasteiger partial charge in [0, 0.05) is 18.0 Å². The lowest BCUT2D eigenvalue weighted by molar-refractivity contribution is 0.102. The molecule has 0 bridgehead atoms. The summed E-state index contributed by atoms with van der Waals surface area (Å²) in [5.41, 5.74) is 1.41. The summed E-state index contributed by atoms with van der Waals surface area (Å²) in [6.45, 7) is 4.10. The zero-order valence-corrected chi connectivity index (χ0v) is 11.0. The Labute approximate surface area is 110 Å². The van der Waals surface area contributed by atoms with Gasteiger partial charge < -0.3 is 10.3 Å². The molecule has 1 amide bonds. The second kappa shape index (κ2) is 5.14. The molecule has 94 valence electrons. The van der Waals surface area contributed by atoms with Crippen LogP contribution in [-0.4, -0.2) is 21.1 Å². The van der Waals surface area contributed by atoms with Crippen LogP contribution in [0.3, 0.4) is 0 Å². The Morgan fingerprint density at radius 1 is 1.50 bits per heavy atom. The number of carbonyl (C=O) groups is 1. The van der Waals surface area contributed by atoms with Crippen LogP contribution >= 0.6 is 12.2 Å². The summed E-state index contributed by atoms with van der Waals surface area (Å²) in [6, 6.07) is 5.22. The van der Waals surface area contributed by atoms with E-state index in [1.807, 2.05) is 19.9 Å². The monoisotopic (exact) mass is 262 g/mol. The van der Waals surface area contributed by atoms with Gasteiger partial charge in [-0.05, 0) is 18.1 Å². The molecule has 2 aromatic rings. The van der Waals surface area contributed by atoms with Crippen LogP contribution in [0.1, 0.15) is 35.8 Å². The average Bonchev–Trinajstić information content (AvgIpc) is 2.78. The Morgan fingerprint density at radius 2 is 2.28 bits per heavy atom. The lowest BCUT2D eigenvalue weighted by Crippen LogP contribution is -2.13. The maximum absolute atomic E-state index is 12.0. The number of hydrogen-bond donors (Lipinski definition) is 3. The summed E-state index contributed by atoms with van der Waals surface area (Å²) in [5.74, 6) is 0.573. The Hall–Kier alpha value is -1.95. The number of aromatic nitrogens is 3. The number of pyridine rings is 1. The maximum Gasteiger partial charge on any atom is 0.259 e. The zero-order valence-electron chi connectivity index (χ0n) is 10.2. The molecule has 0 spiro atoms. The first-order chi connectivity index (χ1) is 8.58. The highest BCUT2D eigenvalue weighted by Gasteiger charge is 2.10. The molecule has 0 fully saturated rings. The predicted molar refractivity (Wildman–Crippen MR) is 72.3 cm³/mol. The topological polar surface area (TPSA) is 73.6 Å². The van der Waals surface area contributed by atoms with E-state index in [-0.39, 0.29) is 5.91 Å². The smallest absolute Gasteiger partial charge is 0.259 e.